The van der Waals surface area contributed by atoms with Crippen molar-refractivity contribution in [2.75, 3.05) is 47.8 Å². The Balaban J connectivity index is 3.96. The van der Waals surface area contributed by atoms with Crippen LogP contribution in [0, 0.1) is 0 Å². The van der Waals surface area contributed by atoms with E-state index in [2.05, 4.69) is 0 Å². The summed E-state index contributed by atoms with van der Waals surface area (Å²) in [5.41, 5.74) is 0. The van der Waals surface area contributed by atoms with Crippen LogP contribution in [-0.2, 0) is 4.79 Å². The zero-order chi connectivity index (χ0) is 12.7. The molecule has 6 nitrogen and oxygen atoms in total. The average molecular weight is 231 g/mol. The third-order valence-electron chi connectivity index (χ3n) is 2.20. The minimum atomic E-state index is -0.893. The number of hydrogen-bond acceptors (Lipinski definition) is 3. The monoisotopic (exact) mass is 231 g/mol. The first kappa shape index (κ1) is 14.7. The second-order valence-electron chi connectivity index (χ2n) is 4.07. The second-order valence-corrected chi connectivity index (χ2v) is 4.07. The van der Waals surface area contributed by atoms with E-state index in [0.29, 0.717) is 6.54 Å². The van der Waals surface area contributed by atoms with Gasteiger partial charge in [-0.25, -0.2) is 4.79 Å². The number of aliphatic carboxylic acids is 1. The van der Waals surface area contributed by atoms with E-state index in [9.17, 15) is 9.59 Å². The normalized spacial score (nSPS) is 10.3. The molecule has 6 heteroatoms. The summed E-state index contributed by atoms with van der Waals surface area (Å²) >= 11 is 0. The summed E-state index contributed by atoms with van der Waals surface area (Å²) in [6.07, 6.45) is -0.0240. The fourth-order valence-electron chi connectivity index (χ4n) is 1.10. The fourth-order valence-corrected chi connectivity index (χ4v) is 1.10. The van der Waals surface area contributed by atoms with E-state index in [4.69, 9.17) is 5.11 Å². The van der Waals surface area contributed by atoms with Gasteiger partial charge in [0, 0.05) is 33.7 Å². The predicted molar refractivity (Wildman–Crippen MR) is 61.5 cm³/mol. The smallest absolute Gasteiger partial charge is 0.319 e. The molecule has 2 amide bonds. The van der Waals surface area contributed by atoms with E-state index in [1.54, 1.807) is 19.0 Å². The molecule has 0 spiro atoms. The van der Waals surface area contributed by atoms with Crippen LogP contribution < -0.4 is 0 Å². The minimum Gasteiger partial charge on any atom is -0.481 e. The fraction of sp³-hybridized carbons (Fsp3) is 0.800. The van der Waals surface area contributed by atoms with E-state index < -0.39 is 5.97 Å². The molecular formula is C10H21N3O3. The molecule has 1 N–H and O–H groups in total. The van der Waals surface area contributed by atoms with E-state index >= 15 is 0 Å². The molecule has 0 aromatic rings. The number of amides is 2. The average Bonchev–Trinajstić information content (AvgIpc) is 2.21. The van der Waals surface area contributed by atoms with E-state index in [1.807, 2.05) is 19.0 Å². The number of carbonyl (C=O) groups excluding carboxylic acids is 1. The van der Waals surface area contributed by atoms with Crippen LogP contribution in [0.4, 0.5) is 4.79 Å². The van der Waals surface area contributed by atoms with Gasteiger partial charge in [-0.3, -0.25) is 4.79 Å². The molecule has 0 aliphatic carbocycles. The summed E-state index contributed by atoms with van der Waals surface area (Å²) in [6, 6.07) is -0.150. The maximum Gasteiger partial charge on any atom is 0.319 e. The molecule has 0 saturated carbocycles. The Labute approximate surface area is 96.4 Å². The Morgan fingerprint density at radius 3 is 1.88 bits per heavy atom. The molecule has 94 valence electrons. The van der Waals surface area contributed by atoms with Crippen molar-refractivity contribution < 1.29 is 14.7 Å². The van der Waals surface area contributed by atoms with Crippen molar-refractivity contribution in [2.45, 2.75) is 6.42 Å². The number of hydrogen-bond donors (Lipinski definition) is 1. The first-order valence-corrected chi connectivity index (χ1v) is 5.17. The van der Waals surface area contributed by atoms with Crippen LogP contribution >= 0.6 is 0 Å². The van der Waals surface area contributed by atoms with Gasteiger partial charge in [0.05, 0.1) is 6.42 Å². The number of urea groups is 1. The summed E-state index contributed by atoms with van der Waals surface area (Å²) in [6.45, 7) is 1.65. The summed E-state index contributed by atoms with van der Waals surface area (Å²) < 4.78 is 0. The molecule has 0 aliphatic rings. The number of likely N-dealkylation sites (N-methyl/N-ethyl adjacent to an activating group) is 2. The van der Waals surface area contributed by atoms with Crippen LogP contribution in [0.1, 0.15) is 6.42 Å². The van der Waals surface area contributed by atoms with Crippen molar-refractivity contribution in [3.63, 3.8) is 0 Å². The largest absolute Gasteiger partial charge is 0.481 e. The molecule has 0 heterocycles. The van der Waals surface area contributed by atoms with Gasteiger partial charge >= 0.3 is 12.0 Å². The van der Waals surface area contributed by atoms with E-state index in [-0.39, 0.29) is 19.0 Å². The van der Waals surface area contributed by atoms with Gasteiger partial charge in [-0.1, -0.05) is 0 Å². The van der Waals surface area contributed by atoms with Crippen LogP contribution in [0.5, 0.6) is 0 Å². The van der Waals surface area contributed by atoms with Crippen LogP contribution in [-0.4, -0.2) is 79.6 Å². The number of carboxylic acids is 1. The van der Waals surface area contributed by atoms with Crippen LogP contribution in [0.15, 0.2) is 0 Å². The van der Waals surface area contributed by atoms with E-state index in [0.717, 1.165) is 6.54 Å². The molecule has 16 heavy (non-hydrogen) atoms. The summed E-state index contributed by atoms with van der Waals surface area (Å²) in [7, 11) is 7.19. The highest BCUT2D eigenvalue weighted by molar-refractivity contribution is 5.74. The lowest BCUT2D eigenvalue weighted by molar-refractivity contribution is -0.137. The molecule has 0 bridgehead atoms. The van der Waals surface area contributed by atoms with Crippen molar-refractivity contribution in [1.29, 1.82) is 0 Å². The summed E-state index contributed by atoms with van der Waals surface area (Å²) in [5, 5.41) is 8.50. The van der Waals surface area contributed by atoms with Gasteiger partial charge in [0.15, 0.2) is 0 Å². The van der Waals surface area contributed by atoms with Crippen molar-refractivity contribution in [2.24, 2.45) is 0 Å². The Kier molecular flexibility index (Phi) is 6.48. The number of carboxylic acid groups (broad SMARTS) is 1. The lowest BCUT2D eigenvalue weighted by Gasteiger charge is -2.25. The molecule has 0 aromatic carbocycles. The Morgan fingerprint density at radius 1 is 0.938 bits per heavy atom. The highest BCUT2D eigenvalue weighted by Crippen LogP contribution is 1.96. The Hall–Kier alpha value is -1.30. The zero-order valence-corrected chi connectivity index (χ0v) is 10.4. The second kappa shape index (κ2) is 7.05. The predicted octanol–water partition coefficient (Wildman–Crippen LogP) is 0.00630. The molecule has 0 rings (SSSR count). The molecule has 0 aromatic heterocycles. The van der Waals surface area contributed by atoms with Crippen LogP contribution in [0.2, 0.25) is 0 Å². The Bertz CT molecular complexity index is 243. The van der Waals surface area contributed by atoms with Gasteiger partial charge in [0.25, 0.3) is 0 Å². The first-order valence-electron chi connectivity index (χ1n) is 5.17. The molecular weight excluding hydrogens is 210 g/mol. The zero-order valence-electron chi connectivity index (χ0n) is 10.4. The van der Waals surface area contributed by atoms with Crippen molar-refractivity contribution in [1.82, 2.24) is 14.7 Å². The number of carbonyl (C=O) groups is 2. The van der Waals surface area contributed by atoms with Crippen LogP contribution in [0.3, 0.4) is 0 Å². The van der Waals surface area contributed by atoms with Crippen molar-refractivity contribution in [3.8, 4) is 0 Å². The molecule has 0 atom stereocenters. The maximum atomic E-state index is 11.7. The molecule has 0 fully saturated rings. The standard InChI is InChI=1S/C10H21N3O3/c1-11(2)7-8-13(4)10(16)12(3)6-5-9(14)15/h5-8H2,1-4H3,(H,14,15). The molecule has 0 unspecified atom stereocenters. The van der Waals surface area contributed by atoms with Gasteiger partial charge in [-0.05, 0) is 14.1 Å². The number of rotatable bonds is 6. The first-order chi connectivity index (χ1) is 7.34. The van der Waals surface area contributed by atoms with Crippen molar-refractivity contribution in [3.05, 3.63) is 0 Å². The minimum absolute atomic E-state index is 0.0240. The molecule has 0 radical (unpaired) electrons. The van der Waals surface area contributed by atoms with Crippen LogP contribution in [0.25, 0.3) is 0 Å². The van der Waals surface area contributed by atoms with Crippen molar-refractivity contribution >= 4 is 12.0 Å². The van der Waals surface area contributed by atoms with Gasteiger partial charge in [-0.2, -0.15) is 0 Å². The van der Waals surface area contributed by atoms with Gasteiger partial charge < -0.3 is 19.8 Å². The third-order valence-corrected chi connectivity index (χ3v) is 2.20. The van der Waals surface area contributed by atoms with E-state index in [1.165, 1.54) is 4.90 Å². The number of nitrogens with zero attached hydrogens (tertiary/aromatic N) is 3. The highest BCUT2D eigenvalue weighted by Gasteiger charge is 2.14. The van der Waals surface area contributed by atoms with Gasteiger partial charge in [0.2, 0.25) is 0 Å². The Morgan fingerprint density at radius 2 is 1.44 bits per heavy atom. The maximum absolute atomic E-state index is 11.7. The van der Waals surface area contributed by atoms with Gasteiger partial charge in [-0.15, -0.1) is 0 Å². The summed E-state index contributed by atoms with van der Waals surface area (Å²) in [4.78, 5) is 27.1. The highest BCUT2D eigenvalue weighted by atomic mass is 16.4. The molecule has 0 aliphatic heterocycles. The van der Waals surface area contributed by atoms with Gasteiger partial charge in [0.1, 0.15) is 0 Å². The lowest BCUT2D eigenvalue weighted by atomic mass is 10.4. The topological polar surface area (TPSA) is 64.1 Å². The molecule has 0 saturated heterocycles. The lowest BCUT2D eigenvalue weighted by Crippen LogP contribution is -2.42. The SMILES string of the molecule is CN(C)CCN(C)C(=O)N(C)CCC(=O)O. The quantitative estimate of drug-likeness (QED) is 0.699. The third kappa shape index (κ3) is 6.23. The summed E-state index contributed by atoms with van der Waals surface area (Å²) in [5.74, 6) is -0.893.